The molecule has 0 saturated heterocycles. The molecule has 88 valence electrons. The molecule has 0 saturated carbocycles. The van der Waals surface area contributed by atoms with Gasteiger partial charge in [0.25, 0.3) is 6.43 Å². The van der Waals surface area contributed by atoms with Crippen molar-refractivity contribution < 1.29 is 27.1 Å². The van der Waals surface area contributed by atoms with Crippen molar-refractivity contribution in [3.05, 3.63) is 29.1 Å². The minimum Gasteiger partial charge on any atom is -0.461 e. The van der Waals surface area contributed by atoms with Gasteiger partial charge in [0, 0.05) is 0 Å². The Kier molecular flexibility index (Phi) is 3.81. The first-order valence-electron chi connectivity index (χ1n) is 4.28. The van der Waals surface area contributed by atoms with Gasteiger partial charge in [-0.1, -0.05) is 0 Å². The van der Waals surface area contributed by atoms with Gasteiger partial charge in [0.1, 0.15) is 0 Å². The quantitative estimate of drug-likeness (QED) is 0.460. The van der Waals surface area contributed by atoms with Gasteiger partial charge < -0.3 is 4.74 Å². The Morgan fingerprint density at radius 1 is 1.50 bits per heavy atom. The van der Waals surface area contributed by atoms with Gasteiger partial charge in [0.05, 0.1) is 12.2 Å². The largest absolute Gasteiger partial charge is 0.461 e. The van der Waals surface area contributed by atoms with Crippen molar-refractivity contribution in [2.45, 2.75) is 13.3 Å². The number of hydrogen-bond donors (Lipinski definition) is 0. The summed E-state index contributed by atoms with van der Waals surface area (Å²) in [5.41, 5.74) is -1.90. The van der Waals surface area contributed by atoms with Crippen LogP contribution in [0.4, 0.5) is 17.6 Å². The van der Waals surface area contributed by atoms with Crippen LogP contribution in [0.3, 0.4) is 0 Å². The summed E-state index contributed by atoms with van der Waals surface area (Å²) in [7, 11) is 0. The highest BCUT2D eigenvalue weighted by Gasteiger charge is 2.22. The molecule has 0 spiro atoms. The Morgan fingerprint density at radius 3 is 2.62 bits per heavy atom. The average molecular weight is 237 g/mol. The zero-order valence-corrected chi connectivity index (χ0v) is 8.14. The molecule has 3 nitrogen and oxygen atoms in total. The maximum atomic E-state index is 12.8. The molecule has 0 aliphatic heterocycles. The number of hydrogen-bond acceptors (Lipinski definition) is 3. The lowest BCUT2D eigenvalue weighted by Gasteiger charge is -2.05. The van der Waals surface area contributed by atoms with Crippen LogP contribution in [0.1, 0.15) is 29.4 Å². The van der Waals surface area contributed by atoms with E-state index in [1.165, 1.54) is 6.92 Å². The third kappa shape index (κ3) is 2.47. The molecular weight excluding hydrogens is 230 g/mol. The molecule has 16 heavy (non-hydrogen) atoms. The van der Waals surface area contributed by atoms with E-state index in [0.29, 0.717) is 6.07 Å². The molecule has 0 fully saturated rings. The summed E-state index contributed by atoms with van der Waals surface area (Å²) in [5, 5.41) is 0. The van der Waals surface area contributed by atoms with Crippen LogP contribution in [0.2, 0.25) is 0 Å². The molecular formula is C9H7F4NO2. The van der Waals surface area contributed by atoms with E-state index in [0.717, 1.165) is 0 Å². The average Bonchev–Trinajstić information content (AvgIpc) is 2.21. The predicted octanol–water partition coefficient (Wildman–Crippen LogP) is 2.47. The van der Waals surface area contributed by atoms with E-state index in [4.69, 9.17) is 0 Å². The van der Waals surface area contributed by atoms with Crippen molar-refractivity contribution in [1.82, 2.24) is 4.98 Å². The van der Waals surface area contributed by atoms with E-state index >= 15 is 0 Å². The molecule has 0 N–H and O–H groups in total. The fourth-order valence-corrected chi connectivity index (χ4v) is 0.985. The maximum absolute atomic E-state index is 12.8. The van der Waals surface area contributed by atoms with Gasteiger partial charge in [-0.15, -0.1) is 0 Å². The van der Waals surface area contributed by atoms with Crippen LogP contribution in [0.15, 0.2) is 6.07 Å². The number of aromatic nitrogens is 1. The Bertz CT molecular complexity index is 409. The molecule has 0 unspecified atom stereocenters. The molecule has 1 aromatic heterocycles. The minimum absolute atomic E-state index is 0.0243. The lowest BCUT2D eigenvalue weighted by atomic mass is 10.2. The number of halogens is 4. The summed E-state index contributed by atoms with van der Waals surface area (Å²) in [6, 6.07) is 0.473. The lowest BCUT2D eigenvalue weighted by Crippen LogP contribution is -2.11. The third-order valence-corrected chi connectivity index (χ3v) is 1.67. The van der Waals surface area contributed by atoms with Crippen molar-refractivity contribution in [2.24, 2.45) is 0 Å². The van der Waals surface area contributed by atoms with E-state index in [1.54, 1.807) is 0 Å². The third-order valence-electron chi connectivity index (χ3n) is 1.67. The number of esters is 1. The van der Waals surface area contributed by atoms with Gasteiger partial charge >= 0.3 is 5.97 Å². The SMILES string of the molecule is CCOC(=O)c1cc(C(F)F)c(F)c(F)n1. The second-order valence-corrected chi connectivity index (χ2v) is 2.72. The van der Waals surface area contributed by atoms with Crippen LogP contribution in [0.25, 0.3) is 0 Å². The molecule has 0 aromatic carbocycles. The lowest BCUT2D eigenvalue weighted by molar-refractivity contribution is 0.0517. The number of pyridine rings is 1. The van der Waals surface area contributed by atoms with E-state index < -0.39 is 35.4 Å². The molecule has 0 aliphatic rings. The molecule has 0 atom stereocenters. The summed E-state index contributed by atoms with van der Waals surface area (Å²) in [4.78, 5) is 13.9. The van der Waals surface area contributed by atoms with Gasteiger partial charge in [-0.25, -0.2) is 22.9 Å². The molecule has 1 aromatic rings. The van der Waals surface area contributed by atoms with Crippen molar-refractivity contribution >= 4 is 5.97 Å². The number of carbonyl (C=O) groups is 1. The molecule has 7 heteroatoms. The first kappa shape index (κ1) is 12.4. The highest BCUT2D eigenvalue weighted by molar-refractivity contribution is 5.87. The van der Waals surface area contributed by atoms with Crippen LogP contribution < -0.4 is 0 Å². The Hall–Kier alpha value is -1.66. The number of carbonyl (C=O) groups excluding carboxylic acids is 1. The molecule has 1 rings (SSSR count). The van der Waals surface area contributed by atoms with Crippen molar-refractivity contribution in [3.63, 3.8) is 0 Å². The fraction of sp³-hybridized carbons (Fsp3) is 0.333. The first-order chi connectivity index (χ1) is 7.47. The number of nitrogens with zero attached hydrogens (tertiary/aromatic N) is 1. The topological polar surface area (TPSA) is 39.2 Å². The van der Waals surface area contributed by atoms with Crippen LogP contribution >= 0.6 is 0 Å². The summed E-state index contributed by atoms with van der Waals surface area (Å²) < 4.78 is 54.5. The summed E-state index contributed by atoms with van der Waals surface area (Å²) >= 11 is 0. The molecule has 0 radical (unpaired) electrons. The van der Waals surface area contributed by atoms with Gasteiger partial charge in [-0.05, 0) is 13.0 Å². The van der Waals surface area contributed by atoms with Gasteiger partial charge in [0.2, 0.25) is 5.95 Å². The monoisotopic (exact) mass is 237 g/mol. The minimum atomic E-state index is -3.23. The van der Waals surface area contributed by atoms with Crippen LogP contribution in [0.5, 0.6) is 0 Å². The summed E-state index contributed by atoms with van der Waals surface area (Å²) in [6.45, 7) is 1.45. The van der Waals surface area contributed by atoms with E-state index in [2.05, 4.69) is 9.72 Å². The van der Waals surface area contributed by atoms with Crippen molar-refractivity contribution in [1.29, 1.82) is 0 Å². The van der Waals surface area contributed by atoms with Crippen molar-refractivity contribution in [2.75, 3.05) is 6.61 Å². The standard InChI is InChI=1S/C9H7F4NO2/c1-2-16-9(15)5-3-4(7(11)12)6(10)8(13)14-5/h3,7H,2H2,1H3. The molecule has 0 aliphatic carbocycles. The van der Waals surface area contributed by atoms with Gasteiger partial charge in [0.15, 0.2) is 11.5 Å². The van der Waals surface area contributed by atoms with Crippen LogP contribution in [-0.2, 0) is 4.74 Å². The molecule has 1 heterocycles. The molecule has 0 bridgehead atoms. The summed E-state index contributed by atoms with van der Waals surface area (Å²) in [6.07, 6.45) is -3.23. The zero-order chi connectivity index (χ0) is 12.3. The molecule has 0 amide bonds. The Labute approximate surface area is 88.0 Å². The van der Waals surface area contributed by atoms with Crippen molar-refractivity contribution in [3.8, 4) is 0 Å². The zero-order valence-electron chi connectivity index (χ0n) is 8.14. The van der Waals surface area contributed by atoms with E-state index in [-0.39, 0.29) is 6.61 Å². The Morgan fingerprint density at radius 2 is 2.12 bits per heavy atom. The van der Waals surface area contributed by atoms with Gasteiger partial charge in [-0.2, -0.15) is 4.39 Å². The number of alkyl halides is 2. The number of ether oxygens (including phenoxy) is 1. The maximum Gasteiger partial charge on any atom is 0.357 e. The number of rotatable bonds is 3. The second kappa shape index (κ2) is 4.91. The summed E-state index contributed by atoms with van der Waals surface area (Å²) in [5.74, 6) is -4.59. The fourth-order valence-electron chi connectivity index (χ4n) is 0.985. The second-order valence-electron chi connectivity index (χ2n) is 2.72. The van der Waals surface area contributed by atoms with E-state index in [1.807, 2.05) is 0 Å². The van der Waals surface area contributed by atoms with Crippen LogP contribution in [-0.4, -0.2) is 17.6 Å². The highest BCUT2D eigenvalue weighted by atomic mass is 19.3. The predicted molar refractivity (Wildman–Crippen MR) is 45.1 cm³/mol. The smallest absolute Gasteiger partial charge is 0.357 e. The van der Waals surface area contributed by atoms with Crippen LogP contribution in [0, 0.1) is 11.8 Å². The van der Waals surface area contributed by atoms with Gasteiger partial charge in [-0.3, -0.25) is 0 Å². The normalized spacial score (nSPS) is 10.6. The Balaban J connectivity index is 3.18. The highest BCUT2D eigenvalue weighted by Crippen LogP contribution is 2.23. The first-order valence-corrected chi connectivity index (χ1v) is 4.28. The van der Waals surface area contributed by atoms with E-state index in [9.17, 15) is 22.4 Å².